The molecule has 1 atom stereocenters. The summed E-state index contributed by atoms with van der Waals surface area (Å²) in [5.41, 5.74) is 1.52. The number of rotatable bonds is 5. The maximum atomic E-state index is 13.6. The van der Waals surface area contributed by atoms with Crippen LogP contribution in [0.2, 0.25) is 0 Å². The number of nitrogens with zero attached hydrogens (tertiary/aromatic N) is 2. The highest BCUT2D eigenvalue weighted by Gasteiger charge is 2.26. The summed E-state index contributed by atoms with van der Waals surface area (Å²) < 4.78 is 56.0. The van der Waals surface area contributed by atoms with Gasteiger partial charge in [0.05, 0.1) is 22.0 Å². The zero-order chi connectivity index (χ0) is 19.1. The first-order valence-corrected chi connectivity index (χ1v) is 10.0. The molecule has 5 nitrogen and oxygen atoms in total. The van der Waals surface area contributed by atoms with Crippen molar-refractivity contribution >= 4 is 37.0 Å². The van der Waals surface area contributed by atoms with E-state index in [1.54, 1.807) is 30.3 Å². The van der Waals surface area contributed by atoms with Gasteiger partial charge < -0.3 is 0 Å². The molecule has 2 aromatic carbocycles. The molecule has 3 rings (SSSR count). The van der Waals surface area contributed by atoms with Crippen LogP contribution in [0.5, 0.6) is 0 Å². The molecular weight excluding hydrogens is 428 g/mol. The second kappa shape index (κ2) is 7.05. The Morgan fingerprint density at radius 2 is 1.88 bits per heavy atom. The zero-order valence-electron chi connectivity index (χ0n) is 13.9. The Morgan fingerprint density at radius 3 is 2.54 bits per heavy atom. The largest absolute Gasteiger partial charge is 0.320 e. The molecule has 3 aromatic rings. The molecule has 0 bridgehead atoms. The second-order valence-electron chi connectivity index (χ2n) is 5.88. The number of hydrogen-bond donors (Lipinski definition) is 1. The summed E-state index contributed by atoms with van der Waals surface area (Å²) in [4.78, 5) is 4.23. The van der Waals surface area contributed by atoms with E-state index in [0.717, 1.165) is 10.1 Å². The first kappa shape index (κ1) is 18.9. The minimum absolute atomic E-state index is 0.0367. The van der Waals surface area contributed by atoms with E-state index in [1.165, 1.54) is 19.1 Å². The number of aryl methyl sites for hydroxylation is 1. The van der Waals surface area contributed by atoms with Gasteiger partial charge in [-0.1, -0.05) is 18.2 Å². The van der Waals surface area contributed by atoms with Gasteiger partial charge in [0.15, 0.2) is 0 Å². The van der Waals surface area contributed by atoms with Gasteiger partial charge in [-0.05, 0) is 59.6 Å². The fourth-order valence-electron chi connectivity index (χ4n) is 2.75. The molecule has 1 N–H and O–H groups in total. The van der Waals surface area contributed by atoms with E-state index in [0.29, 0.717) is 9.99 Å². The fourth-order valence-corrected chi connectivity index (χ4v) is 5.14. The molecule has 0 aliphatic rings. The molecule has 0 saturated carbocycles. The van der Waals surface area contributed by atoms with E-state index in [-0.39, 0.29) is 16.2 Å². The van der Waals surface area contributed by atoms with E-state index in [2.05, 4.69) is 25.6 Å². The fraction of sp³-hybridized carbons (Fsp3) is 0.235. The van der Waals surface area contributed by atoms with E-state index in [4.69, 9.17) is 0 Å². The molecule has 1 aromatic heterocycles. The lowest BCUT2D eigenvalue weighted by Crippen LogP contribution is -2.29. The van der Waals surface area contributed by atoms with Crippen molar-refractivity contribution in [1.29, 1.82) is 0 Å². The lowest BCUT2D eigenvalue weighted by molar-refractivity contribution is 0.0702. The van der Waals surface area contributed by atoms with Crippen LogP contribution < -0.4 is 4.72 Å². The Labute approximate surface area is 158 Å². The Morgan fingerprint density at radius 1 is 1.19 bits per heavy atom. The number of imidazole rings is 1. The molecule has 0 unspecified atom stereocenters. The quantitative estimate of drug-likeness (QED) is 0.629. The van der Waals surface area contributed by atoms with Crippen LogP contribution >= 0.6 is 15.9 Å². The number of nitrogens with one attached hydrogen (secondary N) is 1. The monoisotopic (exact) mass is 443 g/mol. The van der Waals surface area contributed by atoms with Crippen molar-refractivity contribution in [3.05, 3.63) is 58.3 Å². The zero-order valence-corrected chi connectivity index (χ0v) is 16.4. The molecule has 26 heavy (non-hydrogen) atoms. The first-order chi connectivity index (χ1) is 12.2. The number of aromatic nitrogens is 2. The Balaban J connectivity index is 2.01. The minimum atomic E-state index is -3.93. The average Bonchev–Trinajstić information content (AvgIpc) is 2.93. The normalized spacial score (nSPS) is 13.5. The molecule has 0 aliphatic carbocycles. The maximum Gasteiger partial charge on any atom is 0.320 e. The van der Waals surface area contributed by atoms with Crippen LogP contribution in [-0.2, 0) is 10.0 Å². The van der Waals surface area contributed by atoms with Gasteiger partial charge in [0, 0.05) is 4.47 Å². The molecule has 0 amide bonds. The number of fused-ring (bicyclic) bond motifs is 1. The molecule has 0 spiro atoms. The highest BCUT2D eigenvalue weighted by molar-refractivity contribution is 9.10. The van der Waals surface area contributed by atoms with Gasteiger partial charge in [-0.2, -0.15) is 8.78 Å². The van der Waals surface area contributed by atoms with Gasteiger partial charge in [0.1, 0.15) is 5.82 Å². The predicted octanol–water partition coefficient (Wildman–Crippen LogP) is 4.54. The summed E-state index contributed by atoms with van der Waals surface area (Å²) in [6, 6.07) is 10.3. The van der Waals surface area contributed by atoms with E-state index in [9.17, 15) is 17.2 Å². The molecule has 0 fully saturated rings. The van der Waals surface area contributed by atoms with Gasteiger partial charge in [0.2, 0.25) is 10.0 Å². The van der Waals surface area contributed by atoms with Gasteiger partial charge in [-0.15, -0.1) is 0 Å². The van der Waals surface area contributed by atoms with Crippen LogP contribution in [0.3, 0.4) is 0 Å². The van der Waals surface area contributed by atoms with Crippen molar-refractivity contribution in [2.24, 2.45) is 0 Å². The number of benzene rings is 2. The van der Waals surface area contributed by atoms with Gasteiger partial charge in [-0.3, -0.25) is 4.57 Å². The molecule has 0 saturated heterocycles. The Kier molecular flexibility index (Phi) is 5.14. The summed E-state index contributed by atoms with van der Waals surface area (Å²) in [6.07, 6.45) is 0. The van der Waals surface area contributed by atoms with E-state index >= 15 is 0 Å². The van der Waals surface area contributed by atoms with E-state index < -0.39 is 22.6 Å². The topological polar surface area (TPSA) is 64.0 Å². The smallest absolute Gasteiger partial charge is 0.269 e. The molecule has 9 heteroatoms. The van der Waals surface area contributed by atoms with Crippen molar-refractivity contribution in [3.8, 4) is 0 Å². The van der Waals surface area contributed by atoms with Crippen molar-refractivity contribution in [2.75, 3.05) is 0 Å². The molecule has 0 radical (unpaired) electrons. The van der Waals surface area contributed by atoms with Crippen LogP contribution in [0.1, 0.15) is 30.9 Å². The highest BCUT2D eigenvalue weighted by atomic mass is 79.9. The number of halogens is 3. The second-order valence-corrected chi connectivity index (χ2v) is 8.42. The standard InChI is InChI=1S/C17H16BrF2N3O2S/c1-10-7-8-15(12(18)9-10)26(24,25)22-11(2)16-21-13-5-3-4-6-14(13)23(16)17(19)20/h3-9,11,17,22H,1-2H3/t11-/m1/s1. The SMILES string of the molecule is Cc1ccc(S(=O)(=O)N[C@H](C)c2nc3ccccc3n2C(F)F)c(Br)c1. The van der Waals surface area contributed by atoms with E-state index in [1.807, 2.05) is 6.92 Å². The van der Waals surface area contributed by atoms with Crippen LogP contribution in [0.4, 0.5) is 8.78 Å². The lowest BCUT2D eigenvalue weighted by atomic mass is 10.2. The number of alkyl halides is 2. The Hall–Kier alpha value is -1.84. The van der Waals surface area contributed by atoms with Crippen LogP contribution in [0, 0.1) is 6.92 Å². The average molecular weight is 444 g/mol. The Bertz CT molecular complexity index is 1070. The third-order valence-corrected chi connectivity index (χ3v) is 6.43. The van der Waals surface area contributed by atoms with Crippen LogP contribution in [0.15, 0.2) is 51.8 Å². The van der Waals surface area contributed by atoms with Crippen LogP contribution in [-0.4, -0.2) is 18.0 Å². The van der Waals surface area contributed by atoms with Crippen molar-refractivity contribution in [1.82, 2.24) is 14.3 Å². The summed E-state index contributed by atoms with van der Waals surface area (Å²) in [7, 11) is -3.93. The van der Waals surface area contributed by atoms with Crippen LogP contribution in [0.25, 0.3) is 11.0 Å². The highest BCUT2D eigenvalue weighted by Crippen LogP contribution is 2.29. The van der Waals surface area contributed by atoms with Gasteiger partial charge in [0.25, 0.3) is 0 Å². The molecular formula is C17H16BrF2N3O2S. The summed E-state index contributed by atoms with van der Waals surface area (Å²) >= 11 is 3.23. The minimum Gasteiger partial charge on any atom is -0.269 e. The van der Waals surface area contributed by atoms with Gasteiger partial charge >= 0.3 is 6.55 Å². The number of hydrogen-bond acceptors (Lipinski definition) is 3. The number of sulfonamides is 1. The summed E-state index contributed by atoms with van der Waals surface area (Å²) in [5, 5.41) is 0. The third-order valence-electron chi connectivity index (χ3n) is 3.91. The predicted molar refractivity (Wildman–Crippen MR) is 98.6 cm³/mol. The van der Waals surface area contributed by atoms with Crippen molar-refractivity contribution < 1.29 is 17.2 Å². The van der Waals surface area contributed by atoms with Crippen molar-refractivity contribution in [2.45, 2.75) is 31.3 Å². The summed E-state index contributed by atoms with van der Waals surface area (Å²) in [6.45, 7) is 0.484. The summed E-state index contributed by atoms with van der Waals surface area (Å²) in [5.74, 6) is -0.0481. The molecule has 1 heterocycles. The number of para-hydroxylation sites is 2. The molecule has 0 aliphatic heterocycles. The third kappa shape index (κ3) is 3.51. The lowest BCUT2D eigenvalue weighted by Gasteiger charge is -2.16. The first-order valence-electron chi connectivity index (χ1n) is 7.74. The van der Waals surface area contributed by atoms with Gasteiger partial charge in [-0.25, -0.2) is 18.1 Å². The molecule has 138 valence electrons. The maximum absolute atomic E-state index is 13.6. The van der Waals surface area contributed by atoms with Crippen molar-refractivity contribution in [3.63, 3.8) is 0 Å².